The normalized spacial score (nSPS) is 16.4. The molecule has 0 spiro atoms. The number of hydrogen-bond acceptors (Lipinski definition) is 4. The lowest BCUT2D eigenvalue weighted by molar-refractivity contribution is 0.263. The quantitative estimate of drug-likeness (QED) is 0.858. The van der Waals surface area contributed by atoms with Crippen molar-refractivity contribution in [3.63, 3.8) is 0 Å². The lowest BCUT2D eigenvalue weighted by atomic mass is 10.1. The molecule has 1 unspecified atom stereocenters. The first-order valence-electron chi connectivity index (χ1n) is 6.97. The van der Waals surface area contributed by atoms with Crippen LogP contribution in [0.3, 0.4) is 0 Å². The summed E-state index contributed by atoms with van der Waals surface area (Å²) < 4.78 is 2.11. The summed E-state index contributed by atoms with van der Waals surface area (Å²) in [6.07, 6.45) is 2.33. The van der Waals surface area contributed by atoms with Gasteiger partial charge in [-0.25, -0.2) is 0 Å². The molecule has 20 heavy (non-hydrogen) atoms. The van der Waals surface area contributed by atoms with Gasteiger partial charge in [0.1, 0.15) is 6.61 Å². The van der Waals surface area contributed by atoms with Crippen molar-refractivity contribution in [2.75, 3.05) is 0 Å². The van der Waals surface area contributed by atoms with Crippen LogP contribution in [0.2, 0.25) is 0 Å². The van der Waals surface area contributed by atoms with Gasteiger partial charge in [-0.3, -0.25) is 0 Å². The summed E-state index contributed by atoms with van der Waals surface area (Å²) >= 11 is 1.71. The summed E-state index contributed by atoms with van der Waals surface area (Å²) in [5.41, 5.74) is 2.57. The van der Waals surface area contributed by atoms with Gasteiger partial charge >= 0.3 is 0 Å². The molecular formula is C15H19N3OS. The van der Waals surface area contributed by atoms with Crippen LogP contribution in [-0.2, 0) is 6.61 Å². The summed E-state index contributed by atoms with van der Waals surface area (Å²) in [4.78, 5) is 0. The minimum atomic E-state index is -0.0388. The number of nitrogens with zero attached hydrogens (tertiary/aromatic N) is 3. The van der Waals surface area contributed by atoms with Crippen molar-refractivity contribution < 1.29 is 5.11 Å². The second kappa shape index (κ2) is 5.58. The molecular weight excluding hydrogens is 270 g/mol. The minimum absolute atomic E-state index is 0.0388. The monoisotopic (exact) mass is 289 g/mol. The average molecular weight is 289 g/mol. The molecule has 1 aliphatic carbocycles. The van der Waals surface area contributed by atoms with E-state index in [0.29, 0.717) is 17.1 Å². The summed E-state index contributed by atoms with van der Waals surface area (Å²) in [6.45, 7) is 4.25. The second-order valence-electron chi connectivity index (χ2n) is 5.33. The third-order valence-electron chi connectivity index (χ3n) is 3.58. The highest BCUT2D eigenvalue weighted by molar-refractivity contribution is 7.99. The van der Waals surface area contributed by atoms with E-state index in [0.717, 1.165) is 18.0 Å². The van der Waals surface area contributed by atoms with Gasteiger partial charge in [0.25, 0.3) is 0 Å². The Balaban J connectivity index is 1.82. The molecule has 3 rings (SSSR count). The van der Waals surface area contributed by atoms with Crippen LogP contribution in [0.4, 0.5) is 0 Å². The number of thioether (sulfide) groups is 1. The third-order valence-corrected chi connectivity index (χ3v) is 4.70. The van der Waals surface area contributed by atoms with Crippen LogP contribution in [-0.4, -0.2) is 19.9 Å². The van der Waals surface area contributed by atoms with E-state index in [1.54, 1.807) is 11.8 Å². The minimum Gasteiger partial charge on any atom is -0.388 e. The first-order valence-corrected chi connectivity index (χ1v) is 7.85. The molecule has 0 bridgehead atoms. The fourth-order valence-corrected chi connectivity index (χ4v) is 3.40. The Hall–Kier alpha value is -1.33. The number of aliphatic hydroxyl groups is 1. The molecule has 106 valence electrons. The van der Waals surface area contributed by atoms with Gasteiger partial charge in [0.05, 0.1) is 0 Å². The topological polar surface area (TPSA) is 50.9 Å². The molecule has 1 saturated carbocycles. The van der Waals surface area contributed by atoms with Gasteiger partial charge in [-0.05, 0) is 32.3 Å². The van der Waals surface area contributed by atoms with Crippen molar-refractivity contribution in [1.29, 1.82) is 0 Å². The number of benzene rings is 1. The summed E-state index contributed by atoms with van der Waals surface area (Å²) in [6, 6.07) is 9.04. The Morgan fingerprint density at radius 2 is 2.20 bits per heavy atom. The summed E-state index contributed by atoms with van der Waals surface area (Å²) in [7, 11) is 0. The van der Waals surface area contributed by atoms with Crippen LogP contribution < -0.4 is 0 Å². The number of aliphatic hydroxyl groups excluding tert-OH is 1. The molecule has 1 N–H and O–H groups in total. The van der Waals surface area contributed by atoms with Crippen molar-refractivity contribution in [2.24, 2.45) is 0 Å². The van der Waals surface area contributed by atoms with Gasteiger partial charge in [0, 0.05) is 11.3 Å². The van der Waals surface area contributed by atoms with Crippen molar-refractivity contribution in [2.45, 2.75) is 49.7 Å². The highest BCUT2D eigenvalue weighted by Crippen LogP contribution is 2.42. The van der Waals surface area contributed by atoms with Gasteiger partial charge in [0.15, 0.2) is 11.0 Å². The van der Waals surface area contributed by atoms with Gasteiger partial charge in [0.2, 0.25) is 0 Å². The fourth-order valence-electron chi connectivity index (χ4n) is 2.34. The largest absolute Gasteiger partial charge is 0.388 e. The molecule has 1 atom stereocenters. The van der Waals surface area contributed by atoms with Crippen LogP contribution >= 0.6 is 11.8 Å². The SMILES string of the molecule is Cc1cccc(C(C)Sc2nnc(CO)n2C2CC2)c1. The van der Waals surface area contributed by atoms with E-state index in [9.17, 15) is 5.11 Å². The predicted octanol–water partition coefficient (Wildman–Crippen LogP) is 3.27. The van der Waals surface area contributed by atoms with E-state index in [4.69, 9.17) is 0 Å². The molecule has 4 nitrogen and oxygen atoms in total. The van der Waals surface area contributed by atoms with E-state index < -0.39 is 0 Å². The zero-order chi connectivity index (χ0) is 14.1. The number of aromatic nitrogens is 3. The molecule has 0 radical (unpaired) electrons. The smallest absolute Gasteiger partial charge is 0.192 e. The summed E-state index contributed by atoms with van der Waals surface area (Å²) in [5.74, 6) is 0.687. The average Bonchev–Trinajstić information content (AvgIpc) is 3.20. The van der Waals surface area contributed by atoms with Crippen LogP contribution in [0.25, 0.3) is 0 Å². The molecule has 1 aliphatic rings. The molecule has 1 heterocycles. The molecule has 2 aromatic rings. The Labute approximate surface area is 123 Å². The first kappa shape index (κ1) is 13.6. The van der Waals surface area contributed by atoms with E-state index in [2.05, 4.69) is 52.9 Å². The molecule has 5 heteroatoms. The van der Waals surface area contributed by atoms with E-state index in [1.807, 2.05) is 0 Å². The molecule has 0 aliphatic heterocycles. The Morgan fingerprint density at radius 1 is 1.40 bits per heavy atom. The van der Waals surface area contributed by atoms with Gasteiger partial charge in [-0.15, -0.1) is 10.2 Å². The maximum atomic E-state index is 9.36. The van der Waals surface area contributed by atoms with Crippen LogP contribution in [0.15, 0.2) is 29.4 Å². The van der Waals surface area contributed by atoms with E-state index >= 15 is 0 Å². The molecule has 1 aromatic heterocycles. The first-order chi connectivity index (χ1) is 9.69. The lowest BCUT2D eigenvalue weighted by Crippen LogP contribution is -2.03. The van der Waals surface area contributed by atoms with Crippen molar-refractivity contribution in [3.05, 3.63) is 41.2 Å². The van der Waals surface area contributed by atoms with Gasteiger partial charge < -0.3 is 9.67 Å². The Bertz CT molecular complexity index is 607. The lowest BCUT2D eigenvalue weighted by Gasteiger charge is -2.13. The maximum absolute atomic E-state index is 9.36. The second-order valence-corrected chi connectivity index (χ2v) is 6.64. The molecule has 1 fully saturated rings. The maximum Gasteiger partial charge on any atom is 0.192 e. The summed E-state index contributed by atoms with van der Waals surface area (Å²) in [5, 5.41) is 19.0. The molecule has 1 aromatic carbocycles. The Kier molecular flexibility index (Phi) is 3.81. The molecule has 0 saturated heterocycles. The number of aryl methyl sites for hydroxylation is 1. The number of rotatable bonds is 5. The van der Waals surface area contributed by atoms with Crippen molar-refractivity contribution in [1.82, 2.24) is 14.8 Å². The zero-order valence-electron chi connectivity index (χ0n) is 11.8. The van der Waals surface area contributed by atoms with Gasteiger partial charge in [-0.2, -0.15) is 0 Å². The number of hydrogen-bond donors (Lipinski definition) is 1. The highest BCUT2D eigenvalue weighted by atomic mass is 32.2. The zero-order valence-corrected chi connectivity index (χ0v) is 12.6. The van der Waals surface area contributed by atoms with Crippen molar-refractivity contribution in [3.8, 4) is 0 Å². The van der Waals surface area contributed by atoms with E-state index in [-0.39, 0.29) is 6.61 Å². The van der Waals surface area contributed by atoms with Crippen LogP contribution in [0, 0.1) is 6.92 Å². The van der Waals surface area contributed by atoms with Crippen LogP contribution in [0.5, 0.6) is 0 Å². The standard InChI is InChI=1S/C15H19N3OS/c1-10-4-3-5-12(8-10)11(2)20-15-17-16-14(9-19)18(15)13-6-7-13/h3-5,8,11,13,19H,6-7,9H2,1-2H3. The fraction of sp³-hybridized carbons (Fsp3) is 0.467. The predicted molar refractivity (Wildman–Crippen MR) is 79.7 cm³/mol. The Morgan fingerprint density at radius 3 is 2.85 bits per heavy atom. The van der Waals surface area contributed by atoms with E-state index in [1.165, 1.54) is 11.1 Å². The van der Waals surface area contributed by atoms with Crippen LogP contribution in [0.1, 0.15) is 48.0 Å². The molecule has 0 amide bonds. The van der Waals surface area contributed by atoms with Gasteiger partial charge in [-0.1, -0.05) is 41.6 Å². The highest BCUT2D eigenvalue weighted by Gasteiger charge is 2.30. The van der Waals surface area contributed by atoms with Crippen molar-refractivity contribution >= 4 is 11.8 Å². The third kappa shape index (κ3) is 2.74.